The van der Waals surface area contributed by atoms with Gasteiger partial charge in [-0.05, 0) is 26.9 Å². The minimum absolute atomic E-state index is 0.0608. The number of nitriles is 1. The van der Waals surface area contributed by atoms with E-state index in [1.807, 2.05) is 4.90 Å². The van der Waals surface area contributed by atoms with Gasteiger partial charge < -0.3 is 15.1 Å². The highest BCUT2D eigenvalue weighted by Crippen LogP contribution is 2.33. The maximum atomic E-state index is 12.2. The Balaban J connectivity index is 1.65. The first-order valence-electron chi connectivity index (χ1n) is 10.1. The zero-order chi connectivity index (χ0) is 19.4. The van der Waals surface area contributed by atoms with Crippen molar-refractivity contribution in [3.05, 3.63) is 20.4 Å². The fourth-order valence-electron chi connectivity index (χ4n) is 4.49. The summed E-state index contributed by atoms with van der Waals surface area (Å²) >= 11 is 0. The molecule has 1 N–H and O–H groups in total. The van der Waals surface area contributed by atoms with Crippen LogP contribution in [0.15, 0.2) is 9.59 Å². The summed E-state index contributed by atoms with van der Waals surface area (Å²) in [7, 11) is 4.22. The van der Waals surface area contributed by atoms with Crippen LogP contribution in [-0.2, 0) is 0 Å². The summed E-state index contributed by atoms with van der Waals surface area (Å²) in [5, 5.41) is 12.1. The van der Waals surface area contributed by atoms with Gasteiger partial charge in [0.25, 0.3) is 10.9 Å². The molecule has 2 fully saturated rings. The molecule has 7 heteroatoms. The normalized spacial score (nSPS) is 20.7. The van der Waals surface area contributed by atoms with E-state index in [4.69, 9.17) is 5.26 Å². The molecule has 0 aromatic heterocycles. The highest BCUT2D eigenvalue weighted by molar-refractivity contribution is 5.75. The van der Waals surface area contributed by atoms with Gasteiger partial charge in [-0.3, -0.25) is 14.5 Å². The number of nitrogens with zero attached hydrogens (tertiary/aromatic N) is 4. The SMILES string of the molecule is CN(C)C1(CNc2c(N3CCN(CCC#N)CC3)c(=O)c2=O)CCCCC1. The van der Waals surface area contributed by atoms with Crippen LogP contribution >= 0.6 is 0 Å². The van der Waals surface area contributed by atoms with Gasteiger partial charge in [-0.2, -0.15) is 5.26 Å². The van der Waals surface area contributed by atoms with Gasteiger partial charge in [-0.1, -0.05) is 19.3 Å². The van der Waals surface area contributed by atoms with Crippen LogP contribution in [0.5, 0.6) is 0 Å². The van der Waals surface area contributed by atoms with Gasteiger partial charge in [0, 0.05) is 51.2 Å². The molecule has 1 heterocycles. The third-order valence-corrected chi connectivity index (χ3v) is 6.44. The zero-order valence-corrected chi connectivity index (χ0v) is 16.6. The Hall–Kier alpha value is -1.91. The summed E-state index contributed by atoms with van der Waals surface area (Å²) in [6, 6.07) is 2.17. The van der Waals surface area contributed by atoms with Crippen LogP contribution in [-0.4, -0.2) is 68.7 Å². The van der Waals surface area contributed by atoms with E-state index in [0.717, 1.165) is 45.6 Å². The molecule has 0 radical (unpaired) electrons. The second-order valence-electron chi connectivity index (χ2n) is 8.15. The molecule has 148 valence electrons. The molecule has 1 aromatic carbocycles. The quantitative estimate of drug-likeness (QED) is 0.714. The number of hydrogen-bond acceptors (Lipinski definition) is 7. The third-order valence-electron chi connectivity index (χ3n) is 6.44. The number of rotatable bonds is 7. The Morgan fingerprint density at radius 3 is 2.33 bits per heavy atom. The number of hydrogen-bond donors (Lipinski definition) is 1. The molecule has 0 spiro atoms. The van der Waals surface area contributed by atoms with Crippen molar-refractivity contribution in [2.45, 2.75) is 44.1 Å². The fraction of sp³-hybridized carbons (Fsp3) is 0.750. The van der Waals surface area contributed by atoms with Gasteiger partial charge >= 0.3 is 0 Å². The lowest BCUT2D eigenvalue weighted by molar-refractivity contribution is 0.113. The minimum Gasteiger partial charge on any atom is -0.378 e. The maximum Gasteiger partial charge on any atom is 0.253 e. The fourth-order valence-corrected chi connectivity index (χ4v) is 4.49. The molecule has 0 unspecified atom stereocenters. The van der Waals surface area contributed by atoms with Gasteiger partial charge in [-0.15, -0.1) is 0 Å². The molecular formula is C20H31N5O2. The lowest BCUT2D eigenvalue weighted by Crippen LogP contribution is -2.54. The van der Waals surface area contributed by atoms with Crippen LogP contribution in [0, 0.1) is 11.3 Å². The van der Waals surface area contributed by atoms with Crippen molar-refractivity contribution in [3.8, 4) is 6.07 Å². The van der Waals surface area contributed by atoms with E-state index < -0.39 is 0 Å². The first kappa shape index (κ1) is 19.8. The summed E-state index contributed by atoms with van der Waals surface area (Å²) in [6.45, 7) is 4.57. The second kappa shape index (κ2) is 8.41. The molecule has 1 aliphatic heterocycles. The molecule has 27 heavy (non-hydrogen) atoms. The van der Waals surface area contributed by atoms with Crippen LogP contribution in [0.2, 0.25) is 0 Å². The lowest BCUT2D eigenvalue weighted by atomic mass is 9.80. The molecule has 0 bridgehead atoms. The van der Waals surface area contributed by atoms with Crippen molar-refractivity contribution in [2.24, 2.45) is 0 Å². The van der Waals surface area contributed by atoms with E-state index in [-0.39, 0.29) is 16.4 Å². The standard InChI is InChI=1S/C20H31N5O2/c1-23(2)20(7-4-3-5-8-20)15-22-16-17(19(27)18(16)26)25-13-11-24(12-14-25)10-6-9-21/h22H,3-8,10-15H2,1-2H3. The Morgan fingerprint density at radius 1 is 1.07 bits per heavy atom. The van der Waals surface area contributed by atoms with Crippen LogP contribution in [0.1, 0.15) is 38.5 Å². The topological polar surface area (TPSA) is 79.7 Å². The van der Waals surface area contributed by atoms with Crippen LogP contribution < -0.4 is 21.1 Å². The number of piperazine rings is 1. The monoisotopic (exact) mass is 373 g/mol. The van der Waals surface area contributed by atoms with Crippen LogP contribution in [0.4, 0.5) is 11.4 Å². The molecule has 2 aliphatic rings. The Labute approximate surface area is 161 Å². The smallest absolute Gasteiger partial charge is 0.253 e. The van der Waals surface area contributed by atoms with Gasteiger partial charge in [-0.25, -0.2) is 0 Å². The first-order chi connectivity index (χ1) is 13.0. The molecule has 3 rings (SSSR count). The van der Waals surface area contributed by atoms with Crippen molar-refractivity contribution in [1.29, 1.82) is 5.26 Å². The maximum absolute atomic E-state index is 12.2. The van der Waals surface area contributed by atoms with E-state index in [1.165, 1.54) is 19.3 Å². The van der Waals surface area contributed by atoms with Crippen molar-refractivity contribution in [2.75, 3.05) is 63.6 Å². The van der Waals surface area contributed by atoms with E-state index in [0.29, 0.717) is 24.3 Å². The minimum atomic E-state index is -0.373. The summed E-state index contributed by atoms with van der Waals surface area (Å²) in [4.78, 5) is 31.0. The van der Waals surface area contributed by atoms with Crippen LogP contribution in [0.25, 0.3) is 0 Å². The molecule has 7 nitrogen and oxygen atoms in total. The Kier molecular flexibility index (Phi) is 6.18. The molecule has 1 saturated heterocycles. The zero-order valence-electron chi connectivity index (χ0n) is 16.6. The molecule has 0 atom stereocenters. The van der Waals surface area contributed by atoms with Crippen molar-refractivity contribution >= 4 is 11.4 Å². The average molecular weight is 374 g/mol. The third kappa shape index (κ3) is 4.02. The van der Waals surface area contributed by atoms with Gasteiger partial charge in [0.2, 0.25) is 0 Å². The van der Waals surface area contributed by atoms with Gasteiger partial charge in [0.15, 0.2) is 0 Å². The van der Waals surface area contributed by atoms with Crippen molar-refractivity contribution in [3.63, 3.8) is 0 Å². The highest BCUT2D eigenvalue weighted by Gasteiger charge is 2.36. The predicted octanol–water partition coefficient (Wildman–Crippen LogP) is 0.995. The van der Waals surface area contributed by atoms with E-state index >= 15 is 0 Å². The van der Waals surface area contributed by atoms with Gasteiger partial charge in [0.1, 0.15) is 11.4 Å². The predicted molar refractivity (Wildman–Crippen MR) is 108 cm³/mol. The number of nitrogens with one attached hydrogen (secondary N) is 1. The largest absolute Gasteiger partial charge is 0.378 e. The number of anilines is 2. The summed E-state index contributed by atoms with van der Waals surface area (Å²) in [5.74, 6) is 0. The molecule has 1 aromatic rings. The number of likely N-dealkylation sites (N-methyl/N-ethyl adjacent to an activating group) is 1. The van der Waals surface area contributed by atoms with Crippen molar-refractivity contribution in [1.82, 2.24) is 9.80 Å². The second-order valence-corrected chi connectivity index (χ2v) is 8.15. The summed E-state index contributed by atoms with van der Waals surface area (Å²) in [6.07, 6.45) is 6.47. The van der Waals surface area contributed by atoms with Gasteiger partial charge in [0.05, 0.1) is 6.07 Å². The Morgan fingerprint density at radius 2 is 1.74 bits per heavy atom. The molecule has 1 aliphatic carbocycles. The molecule has 1 saturated carbocycles. The molecule has 0 amide bonds. The average Bonchev–Trinajstić information content (AvgIpc) is 2.70. The first-order valence-corrected chi connectivity index (χ1v) is 10.1. The highest BCUT2D eigenvalue weighted by atomic mass is 16.2. The summed E-state index contributed by atoms with van der Waals surface area (Å²) in [5.41, 5.74) is 0.416. The Bertz CT molecular complexity index is 745. The summed E-state index contributed by atoms with van der Waals surface area (Å²) < 4.78 is 0. The molecular weight excluding hydrogens is 342 g/mol. The van der Waals surface area contributed by atoms with Crippen molar-refractivity contribution < 1.29 is 0 Å². The van der Waals surface area contributed by atoms with E-state index in [9.17, 15) is 9.59 Å². The van der Waals surface area contributed by atoms with E-state index in [2.05, 4.69) is 35.3 Å². The van der Waals surface area contributed by atoms with Crippen LogP contribution in [0.3, 0.4) is 0 Å². The lowest BCUT2D eigenvalue weighted by Gasteiger charge is -2.44. The van der Waals surface area contributed by atoms with E-state index in [1.54, 1.807) is 0 Å².